The number of hydrogen-bond acceptors (Lipinski definition) is 3. The summed E-state index contributed by atoms with van der Waals surface area (Å²) in [4.78, 5) is 11.4. The fourth-order valence-corrected chi connectivity index (χ4v) is 1.71. The van der Waals surface area contributed by atoms with Crippen molar-refractivity contribution in [3.63, 3.8) is 0 Å². The van der Waals surface area contributed by atoms with E-state index >= 15 is 0 Å². The zero-order chi connectivity index (χ0) is 12.6. The molecule has 0 saturated carbocycles. The Morgan fingerprint density at radius 3 is 2.94 bits per heavy atom. The lowest BCUT2D eigenvalue weighted by atomic mass is 10.2. The fourth-order valence-electron chi connectivity index (χ4n) is 1.71. The summed E-state index contributed by atoms with van der Waals surface area (Å²) in [7, 11) is 0. The molecule has 0 aromatic heterocycles. The molecule has 1 heterocycles. The van der Waals surface area contributed by atoms with E-state index in [9.17, 15) is 4.79 Å². The Morgan fingerprint density at radius 2 is 2.22 bits per heavy atom. The molecule has 4 nitrogen and oxygen atoms in total. The summed E-state index contributed by atoms with van der Waals surface area (Å²) < 4.78 is 10.4. The largest absolute Gasteiger partial charge is 0.449 e. The molecule has 1 aromatic carbocycles. The number of hydrogen-bond donors (Lipinski definition) is 1. The second-order valence-electron chi connectivity index (χ2n) is 4.06. The van der Waals surface area contributed by atoms with E-state index in [1.165, 1.54) is 0 Å². The van der Waals surface area contributed by atoms with E-state index in [0.29, 0.717) is 26.2 Å². The number of carbonyl (C=O) groups is 1. The smallest absolute Gasteiger partial charge is 0.407 e. The molecule has 0 saturated heterocycles. The molecule has 1 aromatic rings. The van der Waals surface area contributed by atoms with Crippen LogP contribution < -0.4 is 5.32 Å². The molecular formula is C14H17NO3. The molecule has 18 heavy (non-hydrogen) atoms. The minimum atomic E-state index is -0.388. The van der Waals surface area contributed by atoms with E-state index in [0.717, 1.165) is 5.56 Å². The van der Waals surface area contributed by atoms with Gasteiger partial charge in [-0.15, -0.1) is 0 Å². The van der Waals surface area contributed by atoms with Gasteiger partial charge in [0.2, 0.25) is 0 Å². The summed E-state index contributed by atoms with van der Waals surface area (Å²) in [5, 5.41) is 2.70. The van der Waals surface area contributed by atoms with Gasteiger partial charge in [-0.25, -0.2) is 4.79 Å². The minimum absolute atomic E-state index is 0.0897. The van der Waals surface area contributed by atoms with Crippen molar-refractivity contribution in [3.8, 4) is 0 Å². The van der Waals surface area contributed by atoms with Crippen molar-refractivity contribution in [1.82, 2.24) is 5.32 Å². The van der Waals surface area contributed by atoms with Crippen LogP contribution in [0.2, 0.25) is 0 Å². The number of benzene rings is 1. The van der Waals surface area contributed by atoms with Crippen molar-refractivity contribution in [2.45, 2.75) is 19.1 Å². The molecule has 4 heteroatoms. The van der Waals surface area contributed by atoms with Crippen LogP contribution in [0, 0.1) is 0 Å². The summed E-state index contributed by atoms with van der Waals surface area (Å²) in [6.45, 7) is 1.51. The minimum Gasteiger partial charge on any atom is -0.449 e. The van der Waals surface area contributed by atoms with Gasteiger partial charge in [0.05, 0.1) is 19.3 Å². The quantitative estimate of drug-likeness (QED) is 0.812. The maximum Gasteiger partial charge on any atom is 0.407 e. The third kappa shape index (κ3) is 4.22. The zero-order valence-electron chi connectivity index (χ0n) is 10.2. The molecule has 0 unspecified atom stereocenters. The van der Waals surface area contributed by atoms with Gasteiger partial charge in [0.15, 0.2) is 0 Å². The zero-order valence-corrected chi connectivity index (χ0v) is 10.2. The molecule has 1 N–H and O–H groups in total. The van der Waals surface area contributed by atoms with E-state index in [1.807, 2.05) is 42.5 Å². The predicted molar refractivity (Wildman–Crippen MR) is 68.1 cm³/mol. The second kappa shape index (κ2) is 6.81. The van der Waals surface area contributed by atoms with E-state index in [2.05, 4.69) is 5.32 Å². The second-order valence-corrected chi connectivity index (χ2v) is 4.06. The summed E-state index contributed by atoms with van der Waals surface area (Å²) in [6, 6.07) is 9.73. The highest BCUT2D eigenvalue weighted by Gasteiger charge is 2.10. The first-order valence-corrected chi connectivity index (χ1v) is 6.07. The SMILES string of the molecule is O=C(NCc1ccccc1)OCC[C@@H]1C=CCO1. The molecule has 1 aliphatic heterocycles. The monoisotopic (exact) mass is 247 g/mol. The first-order valence-electron chi connectivity index (χ1n) is 6.07. The van der Waals surface area contributed by atoms with Crippen LogP contribution >= 0.6 is 0 Å². The van der Waals surface area contributed by atoms with Crippen LogP contribution in [0.5, 0.6) is 0 Å². The average molecular weight is 247 g/mol. The third-order valence-corrected chi connectivity index (χ3v) is 2.67. The highest BCUT2D eigenvalue weighted by Crippen LogP contribution is 2.07. The van der Waals surface area contributed by atoms with Crippen LogP contribution in [-0.4, -0.2) is 25.4 Å². The molecule has 0 spiro atoms. The Hall–Kier alpha value is -1.81. The van der Waals surface area contributed by atoms with Gasteiger partial charge < -0.3 is 14.8 Å². The van der Waals surface area contributed by atoms with Gasteiger partial charge in [-0.1, -0.05) is 42.5 Å². The third-order valence-electron chi connectivity index (χ3n) is 2.67. The number of rotatable bonds is 5. The first kappa shape index (κ1) is 12.6. The molecule has 0 radical (unpaired) electrons. The lowest BCUT2D eigenvalue weighted by Crippen LogP contribution is -2.25. The Balaban J connectivity index is 1.59. The van der Waals surface area contributed by atoms with Gasteiger partial charge in [0.1, 0.15) is 0 Å². The van der Waals surface area contributed by atoms with Crippen LogP contribution in [0.1, 0.15) is 12.0 Å². The van der Waals surface area contributed by atoms with Gasteiger partial charge in [0, 0.05) is 13.0 Å². The molecule has 1 amide bonds. The van der Waals surface area contributed by atoms with Crippen LogP contribution in [0.25, 0.3) is 0 Å². The van der Waals surface area contributed by atoms with Gasteiger partial charge in [-0.05, 0) is 5.56 Å². The molecule has 0 aliphatic carbocycles. The van der Waals surface area contributed by atoms with Crippen molar-refractivity contribution in [2.75, 3.05) is 13.2 Å². The van der Waals surface area contributed by atoms with E-state index < -0.39 is 0 Å². The highest BCUT2D eigenvalue weighted by atomic mass is 16.5. The Morgan fingerprint density at radius 1 is 1.39 bits per heavy atom. The van der Waals surface area contributed by atoms with Crippen molar-refractivity contribution < 1.29 is 14.3 Å². The van der Waals surface area contributed by atoms with Gasteiger partial charge in [-0.3, -0.25) is 0 Å². The molecule has 0 fully saturated rings. The topological polar surface area (TPSA) is 47.6 Å². The van der Waals surface area contributed by atoms with Crippen molar-refractivity contribution in [2.24, 2.45) is 0 Å². The molecule has 96 valence electrons. The maximum absolute atomic E-state index is 11.4. The van der Waals surface area contributed by atoms with Crippen molar-refractivity contribution in [3.05, 3.63) is 48.0 Å². The van der Waals surface area contributed by atoms with Gasteiger partial charge >= 0.3 is 6.09 Å². The van der Waals surface area contributed by atoms with Crippen LogP contribution in [0.3, 0.4) is 0 Å². The van der Waals surface area contributed by atoms with Crippen molar-refractivity contribution >= 4 is 6.09 Å². The highest BCUT2D eigenvalue weighted by molar-refractivity contribution is 5.67. The molecular weight excluding hydrogens is 230 g/mol. The molecule has 1 atom stereocenters. The number of alkyl carbamates (subject to hydrolysis) is 1. The Kier molecular flexibility index (Phi) is 4.78. The maximum atomic E-state index is 11.4. The summed E-state index contributed by atoms with van der Waals surface area (Å²) in [5.74, 6) is 0. The number of ether oxygens (including phenoxy) is 2. The first-order chi connectivity index (χ1) is 8.84. The van der Waals surface area contributed by atoms with Crippen molar-refractivity contribution in [1.29, 1.82) is 0 Å². The molecule has 1 aliphatic rings. The van der Waals surface area contributed by atoms with E-state index in [1.54, 1.807) is 0 Å². The van der Waals surface area contributed by atoms with Gasteiger partial charge in [0.25, 0.3) is 0 Å². The van der Waals surface area contributed by atoms with Gasteiger partial charge in [-0.2, -0.15) is 0 Å². The van der Waals surface area contributed by atoms with E-state index in [4.69, 9.17) is 9.47 Å². The Labute approximate surface area is 107 Å². The fraction of sp³-hybridized carbons (Fsp3) is 0.357. The van der Waals surface area contributed by atoms with Crippen LogP contribution in [-0.2, 0) is 16.0 Å². The molecule has 2 rings (SSSR count). The van der Waals surface area contributed by atoms with E-state index in [-0.39, 0.29) is 12.2 Å². The standard InChI is InChI=1S/C14H17NO3/c16-14(15-11-12-5-2-1-3-6-12)18-10-8-13-7-4-9-17-13/h1-7,13H,8-11H2,(H,15,16)/t13-/m0/s1. The summed E-state index contributed by atoms with van der Waals surface area (Å²) in [5.41, 5.74) is 1.05. The number of carbonyl (C=O) groups excluding carboxylic acids is 1. The lowest BCUT2D eigenvalue weighted by molar-refractivity contribution is 0.0889. The Bertz CT molecular complexity index is 403. The molecule has 0 bridgehead atoms. The number of amides is 1. The van der Waals surface area contributed by atoms with Crippen LogP contribution in [0.15, 0.2) is 42.5 Å². The average Bonchev–Trinajstić information content (AvgIpc) is 2.91. The normalized spacial score (nSPS) is 17.7. The lowest BCUT2D eigenvalue weighted by Gasteiger charge is -2.09. The van der Waals surface area contributed by atoms with Crippen LogP contribution in [0.4, 0.5) is 4.79 Å². The number of nitrogens with one attached hydrogen (secondary N) is 1. The summed E-state index contributed by atoms with van der Waals surface area (Å²) >= 11 is 0. The predicted octanol–water partition coefficient (Wildman–Crippen LogP) is 2.26. The summed E-state index contributed by atoms with van der Waals surface area (Å²) in [6.07, 6.45) is 4.37.